The highest BCUT2D eigenvalue weighted by atomic mass is 35.5. The van der Waals surface area contributed by atoms with E-state index in [0.717, 1.165) is 37.2 Å². The largest absolute Gasteiger partial charge is 0.507 e. The molecule has 1 heterocycles. The van der Waals surface area contributed by atoms with Crippen molar-refractivity contribution in [2.24, 2.45) is 0 Å². The summed E-state index contributed by atoms with van der Waals surface area (Å²) in [5, 5.41) is 11.5. The quantitative estimate of drug-likeness (QED) is 0.285. The van der Waals surface area contributed by atoms with Gasteiger partial charge < -0.3 is 19.6 Å². The molecule has 0 radical (unpaired) electrons. The number of ketones is 1. The number of carbonyl (C=O) groups excluding carboxylic acids is 2. The van der Waals surface area contributed by atoms with Crippen molar-refractivity contribution in [1.29, 1.82) is 0 Å². The number of Topliss-reactive ketones (excluding diaryl/α,β-unsaturated/α-hetero) is 1. The van der Waals surface area contributed by atoms with Crippen molar-refractivity contribution >= 4 is 29.1 Å². The number of benzene rings is 2. The first-order valence-electron chi connectivity index (χ1n) is 11.8. The Morgan fingerprint density at radius 2 is 1.76 bits per heavy atom. The van der Waals surface area contributed by atoms with Gasteiger partial charge in [-0.05, 0) is 63.7 Å². The number of rotatable bonds is 10. The van der Waals surface area contributed by atoms with Crippen LogP contribution in [0, 0.1) is 6.92 Å². The van der Waals surface area contributed by atoms with Crippen LogP contribution in [0.2, 0.25) is 5.02 Å². The van der Waals surface area contributed by atoms with E-state index in [-0.39, 0.29) is 11.3 Å². The molecular weight excluding hydrogens is 452 g/mol. The number of ether oxygens (including phenoxy) is 1. The Hall–Kier alpha value is -2.83. The van der Waals surface area contributed by atoms with Crippen LogP contribution in [0.5, 0.6) is 5.75 Å². The highest BCUT2D eigenvalue weighted by molar-refractivity contribution is 6.46. The summed E-state index contributed by atoms with van der Waals surface area (Å²) in [6, 6.07) is 11.9. The molecule has 2 aromatic carbocycles. The zero-order valence-electron chi connectivity index (χ0n) is 20.3. The SMILES string of the molecule is CCOc1ccc(C(O)=C2C(=O)C(=O)N(CCCN(CC)CC)[C@@H]2c2ccc(C)cc2)cc1Cl. The molecule has 182 valence electrons. The number of halogens is 1. The molecule has 1 saturated heterocycles. The Morgan fingerprint density at radius 3 is 2.35 bits per heavy atom. The van der Waals surface area contributed by atoms with Gasteiger partial charge in [0, 0.05) is 12.1 Å². The number of aliphatic hydroxyl groups excluding tert-OH is 1. The third kappa shape index (κ3) is 5.45. The van der Waals surface area contributed by atoms with Crippen LogP contribution in [0.25, 0.3) is 5.76 Å². The van der Waals surface area contributed by atoms with Crippen molar-refractivity contribution in [2.75, 3.05) is 32.8 Å². The first-order chi connectivity index (χ1) is 16.3. The van der Waals surface area contributed by atoms with Crippen molar-refractivity contribution in [3.8, 4) is 5.75 Å². The molecule has 7 heteroatoms. The zero-order chi connectivity index (χ0) is 24.8. The summed E-state index contributed by atoms with van der Waals surface area (Å²) in [5.41, 5.74) is 2.30. The molecule has 34 heavy (non-hydrogen) atoms. The van der Waals surface area contributed by atoms with Crippen LogP contribution in [0.15, 0.2) is 48.0 Å². The minimum absolute atomic E-state index is 0.0805. The van der Waals surface area contributed by atoms with E-state index in [9.17, 15) is 14.7 Å². The minimum atomic E-state index is -0.684. The lowest BCUT2D eigenvalue weighted by molar-refractivity contribution is -0.140. The molecule has 1 fully saturated rings. The van der Waals surface area contributed by atoms with E-state index < -0.39 is 17.7 Å². The Kier molecular flexibility index (Phi) is 8.75. The predicted molar refractivity (Wildman–Crippen MR) is 135 cm³/mol. The molecule has 1 N–H and O–H groups in total. The fourth-order valence-electron chi connectivity index (χ4n) is 4.29. The van der Waals surface area contributed by atoms with Crippen LogP contribution >= 0.6 is 11.6 Å². The molecule has 1 aliphatic heterocycles. The van der Waals surface area contributed by atoms with Crippen molar-refractivity contribution < 1.29 is 19.4 Å². The van der Waals surface area contributed by atoms with Crippen LogP contribution in [0.4, 0.5) is 0 Å². The highest BCUT2D eigenvalue weighted by Crippen LogP contribution is 2.40. The van der Waals surface area contributed by atoms with Gasteiger partial charge in [-0.3, -0.25) is 9.59 Å². The molecule has 0 aliphatic carbocycles. The van der Waals surface area contributed by atoms with Gasteiger partial charge in [-0.15, -0.1) is 0 Å². The summed E-state index contributed by atoms with van der Waals surface area (Å²) in [6.45, 7) is 11.6. The van der Waals surface area contributed by atoms with Crippen molar-refractivity contribution in [3.05, 3.63) is 69.8 Å². The molecule has 6 nitrogen and oxygen atoms in total. The van der Waals surface area contributed by atoms with Gasteiger partial charge in [0.15, 0.2) is 0 Å². The molecular formula is C27H33ClN2O4. The van der Waals surface area contributed by atoms with Gasteiger partial charge in [0.1, 0.15) is 11.5 Å². The second-order valence-electron chi connectivity index (χ2n) is 8.36. The Morgan fingerprint density at radius 1 is 1.09 bits per heavy atom. The van der Waals surface area contributed by atoms with Gasteiger partial charge in [0.25, 0.3) is 11.7 Å². The third-order valence-corrected chi connectivity index (χ3v) is 6.50. The van der Waals surface area contributed by atoms with Gasteiger partial charge in [-0.25, -0.2) is 0 Å². The topological polar surface area (TPSA) is 70.1 Å². The van der Waals surface area contributed by atoms with E-state index in [1.165, 1.54) is 0 Å². The summed E-state index contributed by atoms with van der Waals surface area (Å²) in [6.07, 6.45) is 0.728. The van der Waals surface area contributed by atoms with E-state index in [2.05, 4.69) is 18.7 Å². The van der Waals surface area contributed by atoms with Gasteiger partial charge >= 0.3 is 0 Å². The first kappa shape index (κ1) is 25.8. The third-order valence-electron chi connectivity index (χ3n) is 6.21. The van der Waals surface area contributed by atoms with E-state index >= 15 is 0 Å². The van der Waals surface area contributed by atoms with Crippen LogP contribution in [0.3, 0.4) is 0 Å². The fourth-order valence-corrected chi connectivity index (χ4v) is 4.52. The summed E-state index contributed by atoms with van der Waals surface area (Å²) < 4.78 is 5.47. The number of aliphatic hydroxyl groups is 1. The number of hydrogen-bond acceptors (Lipinski definition) is 5. The summed E-state index contributed by atoms with van der Waals surface area (Å²) in [7, 11) is 0. The number of hydrogen-bond donors (Lipinski definition) is 1. The lowest BCUT2D eigenvalue weighted by Gasteiger charge is -2.27. The number of likely N-dealkylation sites (tertiary alicyclic amines) is 1. The summed E-state index contributed by atoms with van der Waals surface area (Å²) in [5.74, 6) is -1.02. The molecule has 3 rings (SSSR count). The number of nitrogens with zero attached hydrogens (tertiary/aromatic N) is 2. The molecule has 1 amide bonds. The monoisotopic (exact) mass is 484 g/mol. The van der Waals surface area contributed by atoms with Crippen LogP contribution < -0.4 is 4.74 Å². The standard InChI is InChI=1S/C27H33ClN2O4/c1-5-29(6-2)15-8-16-30-24(19-11-9-18(4)10-12-19)23(26(32)27(30)33)25(31)20-13-14-22(34-7-3)21(28)17-20/h9-14,17,24,31H,5-8,15-16H2,1-4H3/t24-/m1/s1. The van der Waals surface area contributed by atoms with Crippen molar-refractivity contribution in [2.45, 2.75) is 40.2 Å². The maximum absolute atomic E-state index is 13.2. The molecule has 1 atom stereocenters. The molecule has 1 aliphatic rings. The van der Waals surface area contributed by atoms with Gasteiger partial charge in [0.2, 0.25) is 0 Å². The van der Waals surface area contributed by atoms with Crippen LogP contribution in [-0.2, 0) is 9.59 Å². The van der Waals surface area contributed by atoms with E-state index in [4.69, 9.17) is 16.3 Å². The van der Waals surface area contributed by atoms with Gasteiger partial charge in [-0.1, -0.05) is 55.3 Å². The normalized spacial score (nSPS) is 17.6. The molecule has 0 spiro atoms. The average Bonchev–Trinajstić information content (AvgIpc) is 3.08. The van der Waals surface area contributed by atoms with Gasteiger partial charge in [-0.2, -0.15) is 0 Å². The zero-order valence-corrected chi connectivity index (χ0v) is 21.1. The Balaban J connectivity index is 2.03. The van der Waals surface area contributed by atoms with Crippen molar-refractivity contribution in [3.63, 3.8) is 0 Å². The first-order valence-corrected chi connectivity index (χ1v) is 12.2. The second kappa shape index (κ2) is 11.5. The molecule has 2 aromatic rings. The number of aryl methyl sites for hydroxylation is 1. The van der Waals surface area contributed by atoms with E-state index in [1.54, 1.807) is 23.1 Å². The number of carbonyl (C=O) groups is 2. The molecule has 0 aromatic heterocycles. The summed E-state index contributed by atoms with van der Waals surface area (Å²) >= 11 is 6.32. The molecule has 0 saturated carbocycles. The van der Waals surface area contributed by atoms with E-state index in [1.807, 2.05) is 38.1 Å². The molecule has 0 bridgehead atoms. The number of amides is 1. The fraction of sp³-hybridized carbons (Fsp3) is 0.407. The van der Waals surface area contributed by atoms with Gasteiger partial charge in [0.05, 0.1) is 23.2 Å². The predicted octanol–water partition coefficient (Wildman–Crippen LogP) is 5.20. The maximum atomic E-state index is 13.2. The Bertz CT molecular complexity index is 1060. The summed E-state index contributed by atoms with van der Waals surface area (Å²) in [4.78, 5) is 30.1. The second-order valence-corrected chi connectivity index (χ2v) is 8.77. The highest BCUT2D eigenvalue weighted by Gasteiger charge is 2.45. The van der Waals surface area contributed by atoms with Crippen LogP contribution in [0.1, 0.15) is 49.9 Å². The molecule has 0 unspecified atom stereocenters. The lowest BCUT2D eigenvalue weighted by Crippen LogP contribution is -2.33. The smallest absolute Gasteiger partial charge is 0.295 e. The maximum Gasteiger partial charge on any atom is 0.295 e. The average molecular weight is 485 g/mol. The minimum Gasteiger partial charge on any atom is -0.507 e. The lowest BCUT2D eigenvalue weighted by atomic mass is 9.94. The van der Waals surface area contributed by atoms with Crippen molar-refractivity contribution in [1.82, 2.24) is 9.80 Å². The van der Waals surface area contributed by atoms with E-state index in [0.29, 0.717) is 29.5 Å². The van der Waals surface area contributed by atoms with Crippen LogP contribution in [-0.4, -0.2) is 59.4 Å². The Labute approximate surface area is 206 Å².